The number of carboxylic acid groups (broad SMARTS) is 3. The van der Waals surface area contributed by atoms with Crippen LogP contribution in [0.25, 0.3) is 0 Å². The fraction of sp³-hybridized carbons (Fsp3) is 0.769. The Labute approximate surface area is 112 Å². The number of carbonyl (C=O) groups is 3. The lowest BCUT2D eigenvalue weighted by Gasteiger charge is -2.24. The molecule has 0 fully saturated rings. The van der Waals surface area contributed by atoms with Gasteiger partial charge in [-0.3, -0.25) is 14.4 Å². The van der Waals surface area contributed by atoms with Gasteiger partial charge in [0.05, 0.1) is 5.41 Å². The molecule has 0 radical (unpaired) electrons. The van der Waals surface area contributed by atoms with Crippen molar-refractivity contribution in [2.75, 3.05) is 0 Å². The van der Waals surface area contributed by atoms with E-state index in [2.05, 4.69) is 0 Å². The summed E-state index contributed by atoms with van der Waals surface area (Å²) in [7, 11) is 0. The molecule has 6 nitrogen and oxygen atoms in total. The molecule has 19 heavy (non-hydrogen) atoms. The van der Waals surface area contributed by atoms with Gasteiger partial charge in [-0.1, -0.05) is 12.8 Å². The van der Waals surface area contributed by atoms with Crippen molar-refractivity contribution in [3.05, 3.63) is 0 Å². The lowest BCUT2D eigenvalue weighted by molar-refractivity contribution is -0.149. The summed E-state index contributed by atoms with van der Waals surface area (Å²) in [6, 6.07) is 0. The van der Waals surface area contributed by atoms with Crippen LogP contribution in [0.1, 0.15) is 58.3 Å². The molecule has 0 unspecified atom stereocenters. The Balaban J connectivity index is 4.08. The van der Waals surface area contributed by atoms with Crippen LogP contribution in [0, 0.1) is 5.41 Å². The zero-order valence-corrected chi connectivity index (χ0v) is 11.2. The third kappa shape index (κ3) is 8.18. The summed E-state index contributed by atoms with van der Waals surface area (Å²) in [6.07, 6.45) is 2.97. The highest BCUT2D eigenvalue weighted by molar-refractivity contribution is 5.74. The Morgan fingerprint density at radius 1 is 0.789 bits per heavy atom. The topological polar surface area (TPSA) is 112 Å². The second-order valence-corrected chi connectivity index (χ2v) is 5.07. The molecule has 0 saturated heterocycles. The molecule has 110 valence electrons. The van der Waals surface area contributed by atoms with Crippen LogP contribution in [-0.4, -0.2) is 33.2 Å². The molecule has 0 atom stereocenters. The fourth-order valence-corrected chi connectivity index (χ4v) is 1.92. The number of carboxylic acids is 3. The summed E-state index contributed by atoms with van der Waals surface area (Å²) in [5.41, 5.74) is -0.892. The van der Waals surface area contributed by atoms with Crippen molar-refractivity contribution in [2.24, 2.45) is 5.41 Å². The molecule has 0 aromatic carbocycles. The zero-order valence-electron chi connectivity index (χ0n) is 11.2. The van der Waals surface area contributed by atoms with E-state index in [0.29, 0.717) is 38.5 Å². The molecular formula is C13H22O6. The first-order chi connectivity index (χ1) is 8.78. The lowest BCUT2D eigenvalue weighted by Crippen LogP contribution is -2.27. The molecule has 0 aliphatic rings. The maximum atomic E-state index is 11.2. The van der Waals surface area contributed by atoms with Gasteiger partial charge < -0.3 is 15.3 Å². The Hall–Kier alpha value is -1.59. The predicted molar refractivity (Wildman–Crippen MR) is 68.0 cm³/mol. The van der Waals surface area contributed by atoms with Crippen molar-refractivity contribution in [1.29, 1.82) is 0 Å². The number of hydrogen-bond donors (Lipinski definition) is 3. The van der Waals surface area contributed by atoms with Crippen LogP contribution in [0.5, 0.6) is 0 Å². The molecule has 0 aromatic rings. The molecule has 0 bridgehead atoms. The van der Waals surface area contributed by atoms with Gasteiger partial charge in [-0.05, 0) is 32.6 Å². The van der Waals surface area contributed by atoms with Crippen LogP contribution in [0.4, 0.5) is 0 Å². The minimum Gasteiger partial charge on any atom is -0.481 e. The fourth-order valence-electron chi connectivity index (χ4n) is 1.92. The van der Waals surface area contributed by atoms with Gasteiger partial charge in [0.2, 0.25) is 0 Å². The van der Waals surface area contributed by atoms with E-state index >= 15 is 0 Å². The first-order valence-electron chi connectivity index (χ1n) is 6.45. The van der Waals surface area contributed by atoms with E-state index in [-0.39, 0.29) is 12.8 Å². The number of aliphatic carboxylic acids is 3. The van der Waals surface area contributed by atoms with Crippen molar-refractivity contribution < 1.29 is 29.7 Å². The summed E-state index contributed by atoms with van der Waals surface area (Å²) in [5, 5.41) is 26.2. The summed E-state index contributed by atoms with van der Waals surface area (Å²) < 4.78 is 0. The first-order valence-corrected chi connectivity index (χ1v) is 6.45. The SMILES string of the molecule is CC(CCCCC(=O)O)(CCCCC(=O)O)C(=O)O. The number of unbranched alkanes of at least 4 members (excludes halogenated alkanes) is 2. The van der Waals surface area contributed by atoms with Gasteiger partial charge in [0, 0.05) is 12.8 Å². The van der Waals surface area contributed by atoms with Crippen LogP contribution >= 0.6 is 0 Å². The van der Waals surface area contributed by atoms with Crippen molar-refractivity contribution in [2.45, 2.75) is 58.3 Å². The molecule has 0 heterocycles. The van der Waals surface area contributed by atoms with Crippen LogP contribution < -0.4 is 0 Å². The lowest BCUT2D eigenvalue weighted by atomic mass is 9.80. The Kier molecular flexibility index (Phi) is 7.79. The quantitative estimate of drug-likeness (QED) is 0.499. The highest BCUT2D eigenvalue weighted by Crippen LogP contribution is 2.31. The third-order valence-electron chi connectivity index (χ3n) is 3.25. The van der Waals surface area contributed by atoms with Gasteiger partial charge in [-0.25, -0.2) is 0 Å². The molecule has 0 aliphatic carbocycles. The van der Waals surface area contributed by atoms with E-state index < -0.39 is 23.3 Å². The highest BCUT2D eigenvalue weighted by atomic mass is 16.4. The van der Waals surface area contributed by atoms with E-state index in [0.717, 1.165) is 0 Å². The van der Waals surface area contributed by atoms with Crippen molar-refractivity contribution in [3.63, 3.8) is 0 Å². The van der Waals surface area contributed by atoms with E-state index in [9.17, 15) is 19.5 Å². The minimum atomic E-state index is -0.904. The van der Waals surface area contributed by atoms with E-state index in [4.69, 9.17) is 10.2 Å². The van der Waals surface area contributed by atoms with Gasteiger partial charge in [-0.15, -0.1) is 0 Å². The number of rotatable bonds is 11. The summed E-state index contributed by atoms with van der Waals surface area (Å²) >= 11 is 0. The molecule has 3 N–H and O–H groups in total. The average Bonchev–Trinajstić information content (AvgIpc) is 2.29. The molecule has 0 aromatic heterocycles. The predicted octanol–water partition coefficient (Wildman–Crippen LogP) is 2.37. The van der Waals surface area contributed by atoms with E-state index in [1.807, 2.05) is 0 Å². The van der Waals surface area contributed by atoms with Gasteiger partial charge in [0.15, 0.2) is 0 Å². The van der Waals surface area contributed by atoms with Crippen LogP contribution in [0.3, 0.4) is 0 Å². The van der Waals surface area contributed by atoms with E-state index in [1.165, 1.54) is 0 Å². The second kappa shape index (κ2) is 8.50. The van der Waals surface area contributed by atoms with Crippen LogP contribution in [0.15, 0.2) is 0 Å². The monoisotopic (exact) mass is 274 g/mol. The van der Waals surface area contributed by atoms with Crippen LogP contribution in [-0.2, 0) is 14.4 Å². The van der Waals surface area contributed by atoms with Gasteiger partial charge in [0.1, 0.15) is 0 Å². The molecule has 0 spiro atoms. The standard InChI is InChI=1S/C13H22O6/c1-13(12(18)19,8-4-2-6-10(14)15)9-5-3-7-11(16)17/h2-9H2,1H3,(H,14,15)(H,16,17)(H,18,19). The minimum absolute atomic E-state index is 0.0503. The maximum Gasteiger partial charge on any atom is 0.309 e. The number of hydrogen-bond acceptors (Lipinski definition) is 3. The van der Waals surface area contributed by atoms with Crippen molar-refractivity contribution in [3.8, 4) is 0 Å². The van der Waals surface area contributed by atoms with Gasteiger partial charge >= 0.3 is 17.9 Å². The molecule has 0 rings (SSSR count). The Morgan fingerprint density at radius 2 is 1.16 bits per heavy atom. The molecule has 0 amide bonds. The Bertz CT molecular complexity index is 301. The third-order valence-corrected chi connectivity index (χ3v) is 3.25. The Morgan fingerprint density at radius 3 is 1.42 bits per heavy atom. The summed E-state index contributed by atoms with van der Waals surface area (Å²) in [5.74, 6) is -2.66. The molecule has 0 saturated carbocycles. The smallest absolute Gasteiger partial charge is 0.309 e. The molecule has 6 heteroatoms. The summed E-state index contributed by atoms with van der Waals surface area (Å²) in [6.45, 7) is 1.64. The maximum absolute atomic E-state index is 11.2. The zero-order chi connectivity index (χ0) is 14.9. The first kappa shape index (κ1) is 17.4. The molecular weight excluding hydrogens is 252 g/mol. The normalized spacial score (nSPS) is 11.2. The highest BCUT2D eigenvalue weighted by Gasteiger charge is 2.31. The molecule has 0 aliphatic heterocycles. The van der Waals surface area contributed by atoms with Gasteiger partial charge in [-0.2, -0.15) is 0 Å². The summed E-state index contributed by atoms with van der Waals surface area (Å²) in [4.78, 5) is 32.0. The van der Waals surface area contributed by atoms with Crippen molar-refractivity contribution in [1.82, 2.24) is 0 Å². The van der Waals surface area contributed by atoms with Gasteiger partial charge in [0.25, 0.3) is 0 Å². The van der Waals surface area contributed by atoms with Crippen molar-refractivity contribution >= 4 is 17.9 Å². The van der Waals surface area contributed by atoms with Crippen LogP contribution in [0.2, 0.25) is 0 Å². The largest absolute Gasteiger partial charge is 0.481 e. The second-order valence-electron chi connectivity index (χ2n) is 5.07. The van der Waals surface area contributed by atoms with E-state index in [1.54, 1.807) is 6.92 Å². The average molecular weight is 274 g/mol.